The highest BCUT2D eigenvalue weighted by Crippen LogP contribution is 2.23. The third-order valence-electron chi connectivity index (χ3n) is 4.25. The molecule has 0 fully saturated rings. The molecule has 32 heavy (non-hydrogen) atoms. The third-order valence-corrected chi connectivity index (χ3v) is 4.75. The van der Waals surface area contributed by atoms with Crippen molar-refractivity contribution in [3.05, 3.63) is 87.9 Å². The van der Waals surface area contributed by atoms with Gasteiger partial charge in [0.1, 0.15) is 17.2 Å². The van der Waals surface area contributed by atoms with Gasteiger partial charge in [-0.1, -0.05) is 28.1 Å². The molecule has 164 valence electrons. The van der Waals surface area contributed by atoms with Crippen LogP contribution in [0.4, 0.5) is 0 Å². The number of halogens is 1. The Kier molecular flexibility index (Phi) is 7.99. The molecule has 0 aliphatic carbocycles. The van der Waals surface area contributed by atoms with E-state index < -0.39 is 11.9 Å². The number of esters is 1. The quantitative estimate of drug-likeness (QED) is 0.214. The Morgan fingerprint density at radius 2 is 1.81 bits per heavy atom. The Morgan fingerprint density at radius 3 is 2.53 bits per heavy atom. The first-order chi connectivity index (χ1) is 15.4. The Balaban J connectivity index is 1.61. The van der Waals surface area contributed by atoms with Gasteiger partial charge < -0.3 is 14.2 Å². The van der Waals surface area contributed by atoms with Crippen molar-refractivity contribution in [2.24, 2.45) is 5.10 Å². The lowest BCUT2D eigenvalue weighted by Crippen LogP contribution is -2.24. The number of rotatable bonds is 8. The largest absolute Gasteiger partial charge is 0.497 e. The summed E-state index contributed by atoms with van der Waals surface area (Å²) < 4.78 is 16.8. The summed E-state index contributed by atoms with van der Waals surface area (Å²) in [4.78, 5) is 24.5. The Morgan fingerprint density at radius 1 is 1.03 bits per heavy atom. The van der Waals surface area contributed by atoms with Crippen LogP contribution in [-0.2, 0) is 4.79 Å². The molecule has 1 N–H and O–H groups in total. The highest BCUT2D eigenvalue weighted by atomic mass is 79.9. The molecule has 3 aromatic carbocycles. The summed E-state index contributed by atoms with van der Waals surface area (Å²) >= 11 is 3.38. The maximum Gasteiger partial charge on any atom is 0.343 e. The van der Waals surface area contributed by atoms with Crippen molar-refractivity contribution in [3.63, 3.8) is 0 Å². The molecule has 3 aromatic rings. The maximum absolute atomic E-state index is 12.5. The third kappa shape index (κ3) is 6.68. The van der Waals surface area contributed by atoms with E-state index in [-0.39, 0.29) is 6.61 Å². The van der Waals surface area contributed by atoms with E-state index in [1.807, 2.05) is 25.1 Å². The molecule has 0 spiro atoms. The number of methoxy groups -OCH3 is 1. The van der Waals surface area contributed by atoms with Gasteiger partial charge in [-0.25, -0.2) is 10.2 Å². The van der Waals surface area contributed by atoms with E-state index in [1.165, 1.54) is 6.21 Å². The smallest absolute Gasteiger partial charge is 0.343 e. The van der Waals surface area contributed by atoms with Crippen LogP contribution in [0.25, 0.3) is 0 Å². The first-order valence-corrected chi connectivity index (χ1v) is 10.4. The Bertz CT molecular complexity index is 1130. The second-order valence-electron chi connectivity index (χ2n) is 6.70. The van der Waals surface area contributed by atoms with Gasteiger partial charge >= 0.3 is 5.97 Å². The van der Waals surface area contributed by atoms with Gasteiger partial charge in [0.15, 0.2) is 6.61 Å². The summed E-state index contributed by atoms with van der Waals surface area (Å²) in [6.07, 6.45) is 1.39. The van der Waals surface area contributed by atoms with Crippen LogP contribution in [0.1, 0.15) is 21.5 Å². The normalized spacial score (nSPS) is 10.6. The van der Waals surface area contributed by atoms with Crippen molar-refractivity contribution in [2.75, 3.05) is 13.7 Å². The summed E-state index contributed by atoms with van der Waals surface area (Å²) in [5, 5.41) is 3.94. The number of hydrogen-bond acceptors (Lipinski definition) is 6. The molecule has 0 saturated heterocycles. The molecule has 0 bridgehead atoms. The lowest BCUT2D eigenvalue weighted by molar-refractivity contribution is -0.123. The first-order valence-electron chi connectivity index (χ1n) is 9.62. The van der Waals surface area contributed by atoms with Crippen LogP contribution in [-0.4, -0.2) is 31.8 Å². The van der Waals surface area contributed by atoms with Crippen LogP contribution in [0.2, 0.25) is 0 Å². The van der Waals surface area contributed by atoms with Crippen LogP contribution < -0.4 is 19.6 Å². The summed E-state index contributed by atoms with van der Waals surface area (Å²) in [6, 6.07) is 19.1. The minimum absolute atomic E-state index is 0.182. The predicted octanol–water partition coefficient (Wildman–Crippen LogP) is 4.51. The van der Waals surface area contributed by atoms with Crippen molar-refractivity contribution >= 4 is 34.0 Å². The second kappa shape index (κ2) is 11.1. The van der Waals surface area contributed by atoms with Crippen molar-refractivity contribution in [3.8, 4) is 17.2 Å². The van der Waals surface area contributed by atoms with Crippen LogP contribution in [0.3, 0.4) is 0 Å². The molecule has 0 heterocycles. The zero-order chi connectivity index (χ0) is 22.9. The number of benzene rings is 3. The fourth-order valence-corrected chi connectivity index (χ4v) is 3.04. The summed E-state index contributed by atoms with van der Waals surface area (Å²) in [6.45, 7) is 1.76. The monoisotopic (exact) mass is 496 g/mol. The van der Waals surface area contributed by atoms with Crippen molar-refractivity contribution < 1.29 is 23.8 Å². The highest BCUT2D eigenvalue weighted by molar-refractivity contribution is 9.10. The van der Waals surface area contributed by atoms with Gasteiger partial charge in [-0.2, -0.15) is 5.10 Å². The number of carbonyl (C=O) groups excluding carboxylic acids is 2. The van der Waals surface area contributed by atoms with Gasteiger partial charge in [0, 0.05) is 10.0 Å². The molecule has 0 aliphatic heterocycles. The average Bonchev–Trinajstić information content (AvgIpc) is 2.79. The number of ether oxygens (including phenoxy) is 3. The van der Waals surface area contributed by atoms with Gasteiger partial charge in [0.25, 0.3) is 5.91 Å². The summed E-state index contributed by atoms with van der Waals surface area (Å²) in [5.41, 5.74) is 4.31. The Hall–Kier alpha value is -3.65. The second-order valence-corrected chi connectivity index (χ2v) is 7.61. The van der Waals surface area contributed by atoms with Crippen LogP contribution in [0.5, 0.6) is 17.2 Å². The topological polar surface area (TPSA) is 86.2 Å². The van der Waals surface area contributed by atoms with E-state index in [0.717, 1.165) is 10.0 Å². The molecular weight excluding hydrogens is 476 g/mol. The number of aryl methyl sites for hydroxylation is 1. The number of carbonyl (C=O) groups is 2. The number of nitrogens with zero attached hydrogens (tertiary/aromatic N) is 1. The minimum Gasteiger partial charge on any atom is -0.497 e. The molecule has 0 aromatic heterocycles. The predicted molar refractivity (Wildman–Crippen MR) is 125 cm³/mol. The van der Waals surface area contributed by atoms with Gasteiger partial charge in [0.05, 0.1) is 18.9 Å². The molecule has 7 nitrogen and oxygen atoms in total. The van der Waals surface area contributed by atoms with E-state index in [9.17, 15) is 9.59 Å². The summed E-state index contributed by atoms with van der Waals surface area (Å²) in [5.74, 6) is 0.585. The minimum atomic E-state index is -0.528. The van der Waals surface area contributed by atoms with Gasteiger partial charge in [0.2, 0.25) is 0 Å². The molecule has 0 radical (unpaired) electrons. The molecule has 0 saturated carbocycles. The fourth-order valence-electron chi connectivity index (χ4n) is 2.66. The van der Waals surface area contributed by atoms with Crippen molar-refractivity contribution in [1.29, 1.82) is 0 Å². The van der Waals surface area contributed by atoms with Gasteiger partial charge in [-0.05, 0) is 67.1 Å². The fraction of sp³-hybridized carbons (Fsp3) is 0.125. The van der Waals surface area contributed by atoms with Crippen molar-refractivity contribution in [1.82, 2.24) is 5.43 Å². The van der Waals surface area contributed by atoms with E-state index >= 15 is 0 Å². The maximum atomic E-state index is 12.5. The van der Waals surface area contributed by atoms with Gasteiger partial charge in [-0.15, -0.1) is 0 Å². The van der Waals surface area contributed by atoms with Crippen LogP contribution >= 0.6 is 15.9 Å². The highest BCUT2D eigenvalue weighted by Gasteiger charge is 2.12. The molecule has 3 rings (SSSR count). The zero-order valence-electron chi connectivity index (χ0n) is 17.5. The Labute approximate surface area is 194 Å². The molecule has 0 aliphatic rings. The molecular formula is C24H21BrN2O5. The number of nitrogens with one attached hydrogen (secondary N) is 1. The number of hydrogen-bond donors (Lipinski definition) is 1. The molecule has 1 amide bonds. The van der Waals surface area contributed by atoms with E-state index in [4.69, 9.17) is 14.2 Å². The standard InChI is InChI=1S/C24H21BrN2O5/c1-16-4-3-5-21(12-16)31-15-23(28)27-26-14-18-13-19(25)8-11-22(18)32-24(29)17-6-9-20(30-2)10-7-17/h3-14H,15H2,1-2H3,(H,27,28)/b26-14+. The van der Waals surface area contributed by atoms with Gasteiger partial charge in [-0.3, -0.25) is 4.79 Å². The number of hydrazone groups is 1. The zero-order valence-corrected chi connectivity index (χ0v) is 19.1. The van der Waals surface area contributed by atoms with E-state index in [0.29, 0.717) is 28.4 Å². The molecule has 0 unspecified atom stereocenters. The first kappa shape index (κ1) is 23.0. The molecule has 8 heteroatoms. The molecule has 0 atom stereocenters. The van der Waals surface area contributed by atoms with E-state index in [1.54, 1.807) is 55.6 Å². The SMILES string of the molecule is COc1ccc(C(=O)Oc2ccc(Br)cc2/C=N/NC(=O)COc2cccc(C)c2)cc1. The number of amides is 1. The van der Waals surface area contributed by atoms with Crippen molar-refractivity contribution in [2.45, 2.75) is 6.92 Å². The lowest BCUT2D eigenvalue weighted by atomic mass is 10.2. The average molecular weight is 497 g/mol. The summed E-state index contributed by atoms with van der Waals surface area (Å²) in [7, 11) is 1.55. The lowest BCUT2D eigenvalue weighted by Gasteiger charge is -2.09. The van der Waals surface area contributed by atoms with Crippen LogP contribution in [0.15, 0.2) is 76.3 Å². The van der Waals surface area contributed by atoms with E-state index in [2.05, 4.69) is 26.5 Å². The van der Waals surface area contributed by atoms with Crippen LogP contribution in [0, 0.1) is 6.92 Å².